The molecule has 0 saturated heterocycles. The molecule has 4 rings (SSSR count). The predicted molar refractivity (Wildman–Crippen MR) is 100 cm³/mol. The van der Waals surface area contributed by atoms with Gasteiger partial charge in [-0.15, -0.1) is 0 Å². The first-order valence-electron chi connectivity index (χ1n) is 8.44. The highest BCUT2D eigenvalue weighted by Crippen LogP contribution is 2.37. The van der Waals surface area contributed by atoms with Crippen LogP contribution in [0.2, 0.25) is 0 Å². The molecule has 6 nitrogen and oxygen atoms in total. The minimum absolute atomic E-state index is 0.135. The molecule has 0 aliphatic carbocycles. The van der Waals surface area contributed by atoms with E-state index in [0.717, 1.165) is 10.1 Å². The normalized spacial score (nSPS) is 18.4. The van der Waals surface area contributed by atoms with Gasteiger partial charge in [0.1, 0.15) is 11.2 Å². The standard InChI is InChI=1S/C21H16N2O4/c24-18-8-4-7-17-22-13-21(20(27)23(17)18,15-5-2-1-3-6-15)16-11-9-14(10-12-16)19(25)26/h1-12,22H,13H2,(H,25,26). The largest absolute Gasteiger partial charge is 0.478 e. The molecule has 0 spiro atoms. The molecule has 0 fully saturated rings. The molecular formula is C21H16N2O4. The van der Waals surface area contributed by atoms with E-state index in [0.29, 0.717) is 11.4 Å². The number of carboxylic acids is 1. The van der Waals surface area contributed by atoms with E-state index in [4.69, 9.17) is 5.11 Å². The van der Waals surface area contributed by atoms with Gasteiger partial charge in [0.05, 0.1) is 5.56 Å². The number of carbonyl (C=O) groups excluding carboxylic acids is 1. The molecule has 6 heteroatoms. The summed E-state index contributed by atoms with van der Waals surface area (Å²) in [5.41, 5.74) is -0.0660. The van der Waals surface area contributed by atoms with Crippen molar-refractivity contribution >= 4 is 17.7 Å². The van der Waals surface area contributed by atoms with Gasteiger partial charge in [-0.05, 0) is 29.3 Å². The highest BCUT2D eigenvalue weighted by Gasteiger charge is 2.46. The number of carbonyl (C=O) groups is 2. The lowest BCUT2D eigenvalue weighted by atomic mass is 9.72. The van der Waals surface area contributed by atoms with Gasteiger partial charge in [0.25, 0.3) is 11.5 Å². The lowest BCUT2D eigenvalue weighted by Crippen LogP contribution is -2.53. The molecule has 134 valence electrons. The van der Waals surface area contributed by atoms with Crippen LogP contribution in [0.15, 0.2) is 77.6 Å². The van der Waals surface area contributed by atoms with E-state index in [9.17, 15) is 14.4 Å². The number of hydrogen-bond donors (Lipinski definition) is 2. The molecule has 3 aromatic rings. The van der Waals surface area contributed by atoms with Gasteiger partial charge in [-0.2, -0.15) is 0 Å². The second-order valence-electron chi connectivity index (χ2n) is 6.40. The van der Waals surface area contributed by atoms with Crippen LogP contribution in [0.5, 0.6) is 0 Å². The van der Waals surface area contributed by atoms with E-state index >= 15 is 0 Å². The van der Waals surface area contributed by atoms with Crippen molar-refractivity contribution in [2.75, 3.05) is 11.9 Å². The molecule has 2 N–H and O–H groups in total. The molecule has 0 amide bonds. The van der Waals surface area contributed by atoms with Crippen LogP contribution in [0.1, 0.15) is 26.3 Å². The molecule has 1 unspecified atom stereocenters. The van der Waals surface area contributed by atoms with Gasteiger partial charge in [-0.3, -0.25) is 9.59 Å². The number of benzene rings is 2. The molecule has 2 heterocycles. The number of anilines is 1. The average molecular weight is 360 g/mol. The SMILES string of the molecule is O=C(O)c1ccc(C2(c3ccccc3)CNc3cccc(=O)n3C2=O)cc1. The summed E-state index contributed by atoms with van der Waals surface area (Å²) in [4.78, 5) is 37.2. The van der Waals surface area contributed by atoms with E-state index in [-0.39, 0.29) is 18.0 Å². The van der Waals surface area contributed by atoms with Gasteiger partial charge >= 0.3 is 5.97 Å². The second kappa shape index (κ2) is 6.25. The van der Waals surface area contributed by atoms with Crippen molar-refractivity contribution < 1.29 is 14.7 Å². The number of nitrogens with zero attached hydrogens (tertiary/aromatic N) is 1. The molecule has 1 aliphatic heterocycles. The minimum atomic E-state index is -1.14. The fourth-order valence-electron chi connectivity index (χ4n) is 3.56. The summed E-state index contributed by atoms with van der Waals surface area (Å²) in [6.07, 6.45) is 0. The van der Waals surface area contributed by atoms with Gasteiger partial charge in [0.15, 0.2) is 0 Å². The second-order valence-corrected chi connectivity index (χ2v) is 6.40. The van der Waals surface area contributed by atoms with Crippen LogP contribution in [0.4, 0.5) is 5.82 Å². The zero-order valence-electron chi connectivity index (χ0n) is 14.3. The summed E-state index contributed by atoms with van der Waals surface area (Å²) >= 11 is 0. The van der Waals surface area contributed by atoms with Crippen LogP contribution in [0, 0.1) is 0 Å². The number of aromatic carboxylic acids is 1. The Kier molecular flexibility index (Phi) is 3.88. The van der Waals surface area contributed by atoms with Crippen LogP contribution in [0.25, 0.3) is 0 Å². The number of aromatic nitrogens is 1. The quantitative estimate of drug-likeness (QED) is 0.750. The first-order valence-corrected chi connectivity index (χ1v) is 8.44. The Morgan fingerprint density at radius 3 is 2.22 bits per heavy atom. The Bertz CT molecular complexity index is 1090. The van der Waals surface area contributed by atoms with E-state index in [1.54, 1.807) is 24.3 Å². The third-order valence-corrected chi connectivity index (χ3v) is 4.95. The lowest BCUT2D eigenvalue weighted by Gasteiger charge is -2.38. The first kappa shape index (κ1) is 16.8. The summed E-state index contributed by atoms with van der Waals surface area (Å²) in [7, 11) is 0. The van der Waals surface area contributed by atoms with Crippen LogP contribution in [0.3, 0.4) is 0 Å². The molecule has 0 radical (unpaired) electrons. The highest BCUT2D eigenvalue weighted by molar-refractivity contribution is 5.98. The van der Waals surface area contributed by atoms with Crippen molar-refractivity contribution in [1.29, 1.82) is 0 Å². The fraction of sp³-hybridized carbons (Fsp3) is 0.0952. The van der Waals surface area contributed by atoms with Crippen molar-refractivity contribution in [2.45, 2.75) is 5.41 Å². The monoisotopic (exact) mass is 360 g/mol. The highest BCUT2D eigenvalue weighted by atomic mass is 16.4. The summed E-state index contributed by atoms with van der Waals surface area (Å²) < 4.78 is 1.14. The molecule has 2 aromatic carbocycles. The average Bonchev–Trinajstić information content (AvgIpc) is 2.69. The Labute approximate surface area is 154 Å². The number of nitrogens with one attached hydrogen (secondary N) is 1. The first-order chi connectivity index (χ1) is 13.0. The number of fused-ring (bicyclic) bond motifs is 1. The van der Waals surface area contributed by atoms with E-state index in [1.165, 1.54) is 18.2 Å². The zero-order valence-corrected chi connectivity index (χ0v) is 14.3. The molecule has 1 aromatic heterocycles. The summed E-state index contributed by atoms with van der Waals surface area (Å²) in [5.74, 6) is -0.956. The number of pyridine rings is 1. The van der Waals surface area contributed by atoms with Crippen LogP contribution < -0.4 is 10.9 Å². The van der Waals surface area contributed by atoms with Crippen molar-refractivity contribution in [3.05, 3.63) is 99.8 Å². The smallest absolute Gasteiger partial charge is 0.335 e. The van der Waals surface area contributed by atoms with E-state index in [1.807, 2.05) is 30.3 Å². The van der Waals surface area contributed by atoms with Crippen molar-refractivity contribution in [1.82, 2.24) is 4.57 Å². The summed E-state index contributed by atoms with van der Waals surface area (Å²) in [5, 5.41) is 12.3. The van der Waals surface area contributed by atoms with Crippen LogP contribution in [-0.4, -0.2) is 28.1 Å². The third kappa shape index (κ3) is 2.54. The number of rotatable bonds is 3. The molecule has 0 saturated carbocycles. The van der Waals surface area contributed by atoms with Crippen molar-refractivity contribution in [3.8, 4) is 0 Å². The van der Waals surface area contributed by atoms with Crippen LogP contribution >= 0.6 is 0 Å². The third-order valence-electron chi connectivity index (χ3n) is 4.95. The van der Waals surface area contributed by atoms with Gasteiger partial charge in [0.2, 0.25) is 0 Å². The number of carboxylic acid groups (broad SMARTS) is 1. The molecular weight excluding hydrogens is 344 g/mol. The van der Waals surface area contributed by atoms with Gasteiger partial charge in [-0.25, -0.2) is 9.36 Å². The molecule has 1 atom stereocenters. The number of hydrogen-bond acceptors (Lipinski definition) is 4. The van der Waals surface area contributed by atoms with Crippen LogP contribution in [-0.2, 0) is 5.41 Å². The Morgan fingerprint density at radius 1 is 0.889 bits per heavy atom. The predicted octanol–water partition coefficient (Wildman–Crippen LogP) is 2.60. The summed E-state index contributed by atoms with van der Waals surface area (Å²) in [6, 6.07) is 20.0. The topological polar surface area (TPSA) is 88.4 Å². The van der Waals surface area contributed by atoms with Gasteiger partial charge in [0, 0.05) is 12.6 Å². The van der Waals surface area contributed by atoms with Crippen molar-refractivity contribution in [3.63, 3.8) is 0 Å². The van der Waals surface area contributed by atoms with E-state index in [2.05, 4.69) is 5.32 Å². The molecule has 1 aliphatic rings. The Morgan fingerprint density at radius 2 is 1.56 bits per heavy atom. The van der Waals surface area contributed by atoms with Gasteiger partial charge < -0.3 is 10.4 Å². The minimum Gasteiger partial charge on any atom is -0.478 e. The lowest BCUT2D eigenvalue weighted by molar-refractivity contribution is 0.0696. The molecule has 27 heavy (non-hydrogen) atoms. The fourth-order valence-corrected chi connectivity index (χ4v) is 3.56. The maximum Gasteiger partial charge on any atom is 0.335 e. The van der Waals surface area contributed by atoms with Crippen molar-refractivity contribution in [2.24, 2.45) is 0 Å². The van der Waals surface area contributed by atoms with E-state index < -0.39 is 16.9 Å². The summed E-state index contributed by atoms with van der Waals surface area (Å²) in [6.45, 7) is 0.256. The molecule has 0 bridgehead atoms. The zero-order chi connectivity index (χ0) is 19.0. The Balaban J connectivity index is 1.97. The Hall–Kier alpha value is -3.67. The van der Waals surface area contributed by atoms with Gasteiger partial charge in [-0.1, -0.05) is 48.5 Å². The maximum atomic E-state index is 13.6. The maximum absolute atomic E-state index is 13.6.